The van der Waals surface area contributed by atoms with Gasteiger partial charge in [0.15, 0.2) is 5.13 Å². The smallest absolute Gasteiger partial charge is 0.330 e. The fourth-order valence-electron chi connectivity index (χ4n) is 3.02. The molecule has 0 spiro atoms. The summed E-state index contributed by atoms with van der Waals surface area (Å²) in [6.07, 6.45) is 1.58. The van der Waals surface area contributed by atoms with E-state index < -0.39 is 17.2 Å². The largest absolute Gasteiger partial charge is 0.383 e. The molecule has 0 aliphatic rings. The molecule has 164 valence electrons. The summed E-state index contributed by atoms with van der Waals surface area (Å²) >= 11 is 1.23. The van der Waals surface area contributed by atoms with Gasteiger partial charge in [0.1, 0.15) is 17.3 Å². The van der Waals surface area contributed by atoms with Gasteiger partial charge in [-0.3, -0.25) is 19.1 Å². The van der Waals surface area contributed by atoms with E-state index in [0.717, 1.165) is 18.4 Å². The molecule has 3 aromatic rings. The highest BCUT2D eigenvalue weighted by Gasteiger charge is 2.18. The summed E-state index contributed by atoms with van der Waals surface area (Å²) in [5, 5.41) is 4.79. The molecule has 1 amide bonds. The first-order chi connectivity index (χ1) is 14.8. The van der Waals surface area contributed by atoms with Crippen LogP contribution in [0.15, 0.2) is 39.2 Å². The lowest BCUT2D eigenvalue weighted by Gasteiger charge is -2.21. The normalized spacial score (nSPS) is 10.8. The molecule has 0 saturated carbocycles. The summed E-state index contributed by atoms with van der Waals surface area (Å²) < 4.78 is 14.4. The standard InChI is InChI=1S/C20H23FN6O3S/c1-3-4-9-27-17(22)16(18(29)25-20(27)30)26(2)10-15(28)24-19-23-14(11-31-19)12-5-7-13(21)8-6-12/h5-8,11H,3-4,9-10,22H2,1-2H3,(H,23,24,28)(H,25,29,30). The zero-order valence-electron chi connectivity index (χ0n) is 17.1. The number of aromatic amines is 1. The molecule has 0 bridgehead atoms. The van der Waals surface area contributed by atoms with Crippen LogP contribution in [0.5, 0.6) is 0 Å². The number of aromatic nitrogens is 3. The van der Waals surface area contributed by atoms with Crippen molar-refractivity contribution in [1.82, 2.24) is 14.5 Å². The second-order valence-corrected chi connectivity index (χ2v) is 7.81. The van der Waals surface area contributed by atoms with E-state index in [-0.39, 0.29) is 23.9 Å². The minimum Gasteiger partial charge on any atom is -0.383 e. The van der Waals surface area contributed by atoms with Crippen LogP contribution < -0.4 is 27.2 Å². The van der Waals surface area contributed by atoms with Crippen LogP contribution in [-0.4, -0.2) is 34.0 Å². The third kappa shape index (κ3) is 5.18. The van der Waals surface area contributed by atoms with Crippen molar-refractivity contribution in [1.29, 1.82) is 0 Å². The molecule has 11 heteroatoms. The number of H-pyrrole nitrogens is 1. The Kier molecular flexibility index (Phi) is 6.85. The zero-order valence-corrected chi connectivity index (χ0v) is 18.0. The number of carbonyl (C=O) groups is 1. The van der Waals surface area contributed by atoms with Crippen LogP contribution in [0, 0.1) is 5.82 Å². The summed E-state index contributed by atoms with van der Waals surface area (Å²) in [5.74, 6) is -0.733. The fraction of sp³-hybridized carbons (Fsp3) is 0.300. The lowest BCUT2D eigenvalue weighted by atomic mass is 10.2. The van der Waals surface area contributed by atoms with E-state index in [1.807, 2.05) is 6.92 Å². The maximum Gasteiger partial charge on any atom is 0.330 e. The molecule has 0 saturated heterocycles. The first-order valence-corrected chi connectivity index (χ1v) is 10.5. The van der Waals surface area contributed by atoms with E-state index in [4.69, 9.17) is 5.73 Å². The Bertz CT molecular complexity index is 1180. The maximum absolute atomic E-state index is 13.1. The fourth-order valence-corrected chi connectivity index (χ4v) is 3.76. The minimum absolute atomic E-state index is 0.0188. The number of halogens is 1. The van der Waals surface area contributed by atoms with E-state index in [1.54, 1.807) is 24.6 Å². The van der Waals surface area contributed by atoms with Gasteiger partial charge >= 0.3 is 5.69 Å². The lowest BCUT2D eigenvalue weighted by molar-refractivity contribution is -0.114. The Morgan fingerprint density at radius 1 is 1.32 bits per heavy atom. The number of amides is 1. The Balaban J connectivity index is 1.72. The molecule has 0 radical (unpaired) electrons. The number of nitrogens with one attached hydrogen (secondary N) is 2. The van der Waals surface area contributed by atoms with Gasteiger partial charge in [-0.15, -0.1) is 11.3 Å². The van der Waals surface area contributed by atoms with Gasteiger partial charge in [0.2, 0.25) is 5.91 Å². The van der Waals surface area contributed by atoms with Crippen LogP contribution >= 0.6 is 11.3 Å². The number of carbonyl (C=O) groups excluding carboxylic acids is 1. The van der Waals surface area contributed by atoms with Crippen LogP contribution in [0.2, 0.25) is 0 Å². The SMILES string of the molecule is CCCCn1c(N)c(N(C)CC(=O)Nc2nc(-c3ccc(F)cc3)cs2)c(=O)[nH]c1=O. The van der Waals surface area contributed by atoms with Crippen LogP contribution in [0.1, 0.15) is 19.8 Å². The average molecular weight is 447 g/mol. The zero-order chi connectivity index (χ0) is 22.5. The quantitative estimate of drug-likeness (QED) is 0.487. The molecule has 0 aliphatic heterocycles. The predicted molar refractivity (Wildman–Crippen MR) is 120 cm³/mol. The first kappa shape index (κ1) is 22.2. The van der Waals surface area contributed by atoms with Gasteiger partial charge in [-0.1, -0.05) is 13.3 Å². The van der Waals surface area contributed by atoms with Crippen molar-refractivity contribution in [2.75, 3.05) is 29.5 Å². The Morgan fingerprint density at radius 3 is 2.71 bits per heavy atom. The first-order valence-electron chi connectivity index (χ1n) is 9.65. The van der Waals surface area contributed by atoms with Crippen molar-refractivity contribution >= 4 is 33.9 Å². The highest BCUT2D eigenvalue weighted by molar-refractivity contribution is 7.14. The molecular formula is C20H23FN6O3S. The highest BCUT2D eigenvalue weighted by atomic mass is 32.1. The summed E-state index contributed by atoms with van der Waals surface area (Å²) in [4.78, 5) is 44.8. The van der Waals surface area contributed by atoms with Crippen LogP contribution in [0.4, 0.5) is 21.0 Å². The van der Waals surface area contributed by atoms with Crippen LogP contribution in [-0.2, 0) is 11.3 Å². The third-order valence-electron chi connectivity index (χ3n) is 4.60. The van der Waals surface area contributed by atoms with Crippen molar-refractivity contribution in [2.24, 2.45) is 0 Å². The Morgan fingerprint density at radius 2 is 2.03 bits per heavy atom. The summed E-state index contributed by atoms with van der Waals surface area (Å²) in [5.41, 5.74) is 6.22. The van der Waals surface area contributed by atoms with Gasteiger partial charge in [-0.05, 0) is 30.7 Å². The van der Waals surface area contributed by atoms with E-state index in [2.05, 4.69) is 15.3 Å². The monoisotopic (exact) mass is 446 g/mol. The van der Waals surface area contributed by atoms with E-state index in [9.17, 15) is 18.8 Å². The molecule has 0 atom stereocenters. The lowest BCUT2D eigenvalue weighted by Crippen LogP contribution is -2.39. The van der Waals surface area contributed by atoms with Gasteiger partial charge in [0, 0.05) is 24.5 Å². The second kappa shape index (κ2) is 9.56. The minimum atomic E-state index is -0.654. The number of nitrogens with two attached hydrogens (primary N) is 1. The van der Waals surface area contributed by atoms with E-state index in [1.165, 1.54) is 32.9 Å². The molecule has 1 aromatic carbocycles. The molecule has 0 unspecified atom stereocenters. The predicted octanol–water partition coefficient (Wildman–Crippen LogP) is 2.26. The number of benzene rings is 1. The van der Waals surface area contributed by atoms with Gasteiger partial charge in [-0.2, -0.15) is 0 Å². The highest BCUT2D eigenvalue weighted by Crippen LogP contribution is 2.25. The van der Waals surface area contributed by atoms with Gasteiger partial charge in [0.05, 0.1) is 12.2 Å². The van der Waals surface area contributed by atoms with Crippen LogP contribution in [0.25, 0.3) is 11.3 Å². The maximum atomic E-state index is 13.1. The average Bonchev–Trinajstić information content (AvgIpc) is 3.16. The van der Waals surface area contributed by atoms with Crippen molar-refractivity contribution in [3.05, 3.63) is 56.3 Å². The second-order valence-electron chi connectivity index (χ2n) is 6.95. The number of unbranched alkanes of at least 4 members (excludes halogenated alkanes) is 1. The van der Waals surface area contributed by atoms with Crippen LogP contribution in [0.3, 0.4) is 0 Å². The molecule has 31 heavy (non-hydrogen) atoms. The number of rotatable bonds is 8. The van der Waals surface area contributed by atoms with Gasteiger partial charge in [-0.25, -0.2) is 14.2 Å². The van der Waals surface area contributed by atoms with E-state index >= 15 is 0 Å². The molecule has 2 heterocycles. The molecule has 4 N–H and O–H groups in total. The third-order valence-corrected chi connectivity index (χ3v) is 5.36. The molecule has 3 rings (SSSR count). The summed E-state index contributed by atoms with van der Waals surface area (Å²) in [7, 11) is 1.54. The molecule has 9 nitrogen and oxygen atoms in total. The summed E-state index contributed by atoms with van der Waals surface area (Å²) in [6.45, 7) is 2.17. The number of hydrogen-bond acceptors (Lipinski definition) is 7. The topological polar surface area (TPSA) is 126 Å². The number of anilines is 3. The van der Waals surface area contributed by atoms with Gasteiger partial charge < -0.3 is 16.0 Å². The molecule has 2 aromatic heterocycles. The van der Waals surface area contributed by atoms with Crippen molar-refractivity contribution in [2.45, 2.75) is 26.3 Å². The van der Waals surface area contributed by atoms with Crippen molar-refractivity contribution < 1.29 is 9.18 Å². The Hall–Kier alpha value is -3.47. The summed E-state index contributed by atoms with van der Waals surface area (Å²) in [6, 6.07) is 5.88. The molecule has 0 aliphatic carbocycles. The number of likely N-dealkylation sites (N-methyl/N-ethyl adjacent to an activating group) is 1. The Labute approximate surface area is 181 Å². The number of nitrogens with zero attached hydrogens (tertiary/aromatic N) is 3. The van der Waals surface area contributed by atoms with E-state index in [0.29, 0.717) is 17.4 Å². The number of thiazole rings is 1. The number of nitrogen functional groups attached to an aromatic ring is 1. The van der Waals surface area contributed by atoms with Gasteiger partial charge in [0.25, 0.3) is 5.56 Å². The van der Waals surface area contributed by atoms with Crippen molar-refractivity contribution in [3.8, 4) is 11.3 Å². The molecular weight excluding hydrogens is 423 g/mol. The number of hydrogen-bond donors (Lipinski definition) is 3. The van der Waals surface area contributed by atoms with Crippen molar-refractivity contribution in [3.63, 3.8) is 0 Å². The molecule has 0 fully saturated rings.